The Kier molecular flexibility index (Phi) is 5.92. The normalized spacial score (nSPS) is 15.5. The Bertz CT molecular complexity index is 873. The predicted octanol–water partition coefficient (Wildman–Crippen LogP) is 0.846. The number of carbonyl (C=O) groups excluding carboxylic acids is 2. The van der Waals surface area contributed by atoms with E-state index in [1.165, 1.54) is 9.21 Å². The Hall–Kier alpha value is -2.65. The molecule has 0 radical (unpaired) electrons. The largest absolute Gasteiger partial charge is 0.451 e. The number of ether oxygens (including phenoxy) is 1. The topological polar surface area (TPSA) is 99.8 Å². The van der Waals surface area contributed by atoms with Crippen molar-refractivity contribution in [2.24, 2.45) is 0 Å². The van der Waals surface area contributed by atoms with Gasteiger partial charge in [-0.3, -0.25) is 4.79 Å². The van der Waals surface area contributed by atoms with E-state index in [-0.39, 0.29) is 50.1 Å². The highest BCUT2D eigenvalue weighted by Gasteiger charge is 2.29. The van der Waals surface area contributed by atoms with E-state index < -0.39 is 16.0 Å². The highest BCUT2D eigenvalue weighted by Crippen LogP contribution is 2.14. The summed E-state index contributed by atoms with van der Waals surface area (Å²) < 4.78 is 31.4. The van der Waals surface area contributed by atoms with E-state index in [1.807, 2.05) is 6.07 Å². The molecule has 1 amide bonds. The van der Waals surface area contributed by atoms with E-state index >= 15 is 0 Å². The van der Waals surface area contributed by atoms with Crippen molar-refractivity contribution < 1.29 is 22.7 Å². The molecule has 1 aliphatic heterocycles. The van der Waals surface area contributed by atoms with Gasteiger partial charge in [-0.2, -0.15) is 4.31 Å². The lowest BCUT2D eigenvalue weighted by molar-refractivity contribution is -0.135. The van der Waals surface area contributed by atoms with E-state index in [0.717, 1.165) is 5.56 Å². The number of piperazine rings is 1. The second kappa shape index (κ2) is 8.36. The van der Waals surface area contributed by atoms with Gasteiger partial charge < -0.3 is 14.6 Å². The van der Waals surface area contributed by atoms with Gasteiger partial charge in [-0.05, 0) is 17.7 Å². The molecule has 0 spiro atoms. The number of sulfonamides is 1. The van der Waals surface area contributed by atoms with Crippen LogP contribution in [0.3, 0.4) is 0 Å². The van der Waals surface area contributed by atoms with Crippen molar-refractivity contribution in [1.82, 2.24) is 14.2 Å². The maximum Gasteiger partial charge on any atom is 0.355 e. The molecule has 0 saturated carbocycles. The van der Waals surface area contributed by atoms with Crippen LogP contribution in [0.1, 0.15) is 16.1 Å². The maximum atomic E-state index is 12.5. The van der Waals surface area contributed by atoms with Crippen molar-refractivity contribution in [3.05, 3.63) is 59.9 Å². The average molecular weight is 391 g/mol. The number of esters is 1. The lowest BCUT2D eigenvalue weighted by atomic mass is 10.2. The summed E-state index contributed by atoms with van der Waals surface area (Å²) >= 11 is 0. The first-order valence-electron chi connectivity index (χ1n) is 8.56. The fourth-order valence-corrected chi connectivity index (χ4v) is 4.36. The van der Waals surface area contributed by atoms with Crippen molar-refractivity contribution >= 4 is 21.9 Å². The zero-order valence-electron chi connectivity index (χ0n) is 14.7. The summed E-state index contributed by atoms with van der Waals surface area (Å²) in [7, 11) is -3.43. The molecule has 0 aliphatic carbocycles. The number of amides is 1. The van der Waals surface area contributed by atoms with Crippen LogP contribution in [0, 0.1) is 0 Å². The first-order chi connectivity index (χ1) is 13.0. The second-order valence-electron chi connectivity index (χ2n) is 6.18. The summed E-state index contributed by atoms with van der Waals surface area (Å²) in [6.07, 6.45) is 1.59. The van der Waals surface area contributed by atoms with Crippen molar-refractivity contribution in [1.29, 1.82) is 0 Å². The standard InChI is InChI=1S/C18H21N3O5S/c22-17(13-26-18(23)16-7-4-8-19-16)20-9-11-21(12-10-20)27(24,25)14-15-5-2-1-3-6-15/h1-8,19H,9-14H2. The number of carbonyl (C=O) groups is 2. The highest BCUT2D eigenvalue weighted by molar-refractivity contribution is 7.88. The molecule has 27 heavy (non-hydrogen) atoms. The molecule has 9 heteroatoms. The van der Waals surface area contributed by atoms with Crippen LogP contribution in [-0.4, -0.2) is 67.3 Å². The molecular weight excluding hydrogens is 370 g/mol. The average Bonchev–Trinajstić information content (AvgIpc) is 3.21. The van der Waals surface area contributed by atoms with Gasteiger partial charge in [0.2, 0.25) is 10.0 Å². The van der Waals surface area contributed by atoms with Crippen LogP contribution in [0.2, 0.25) is 0 Å². The molecule has 0 unspecified atom stereocenters. The van der Waals surface area contributed by atoms with E-state index in [4.69, 9.17) is 4.74 Å². The first kappa shape index (κ1) is 19.1. The maximum absolute atomic E-state index is 12.5. The highest BCUT2D eigenvalue weighted by atomic mass is 32.2. The third kappa shape index (κ3) is 4.95. The zero-order chi connectivity index (χ0) is 19.3. The fourth-order valence-electron chi connectivity index (χ4n) is 2.85. The number of hydrogen-bond donors (Lipinski definition) is 1. The van der Waals surface area contributed by atoms with Gasteiger partial charge in [0.1, 0.15) is 5.69 Å². The Labute approximate surface area is 157 Å². The number of nitrogens with zero attached hydrogens (tertiary/aromatic N) is 2. The number of hydrogen-bond acceptors (Lipinski definition) is 5. The van der Waals surface area contributed by atoms with Gasteiger partial charge in [-0.15, -0.1) is 0 Å². The van der Waals surface area contributed by atoms with Crippen LogP contribution in [-0.2, 0) is 25.3 Å². The minimum atomic E-state index is -3.43. The van der Waals surface area contributed by atoms with Crippen LogP contribution < -0.4 is 0 Å². The summed E-state index contributed by atoms with van der Waals surface area (Å²) in [6.45, 7) is 0.630. The molecule has 3 rings (SSSR count). The summed E-state index contributed by atoms with van der Waals surface area (Å²) in [4.78, 5) is 28.1. The zero-order valence-corrected chi connectivity index (χ0v) is 15.5. The number of aromatic amines is 1. The van der Waals surface area contributed by atoms with Crippen LogP contribution in [0.5, 0.6) is 0 Å². The molecule has 1 fully saturated rings. The van der Waals surface area contributed by atoms with Gasteiger partial charge in [-0.1, -0.05) is 30.3 Å². The van der Waals surface area contributed by atoms with Gasteiger partial charge in [0, 0.05) is 32.4 Å². The lowest BCUT2D eigenvalue weighted by Crippen LogP contribution is -2.51. The lowest BCUT2D eigenvalue weighted by Gasteiger charge is -2.33. The SMILES string of the molecule is O=C(OCC(=O)N1CCN(S(=O)(=O)Cc2ccccc2)CC1)c1ccc[nH]1. The molecule has 144 valence electrons. The third-order valence-corrected chi connectivity index (χ3v) is 6.17. The minimum Gasteiger partial charge on any atom is -0.451 e. The van der Waals surface area contributed by atoms with Crippen molar-refractivity contribution in [3.63, 3.8) is 0 Å². The molecule has 0 bridgehead atoms. The summed E-state index contributed by atoms with van der Waals surface area (Å²) in [6, 6.07) is 12.2. The summed E-state index contributed by atoms with van der Waals surface area (Å²) in [5.74, 6) is -0.998. The van der Waals surface area contributed by atoms with E-state index in [2.05, 4.69) is 4.98 Å². The Morgan fingerprint density at radius 1 is 1.00 bits per heavy atom. The van der Waals surface area contributed by atoms with Gasteiger partial charge in [0.25, 0.3) is 5.91 Å². The van der Waals surface area contributed by atoms with Gasteiger partial charge in [0.15, 0.2) is 6.61 Å². The quantitative estimate of drug-likeness (QED) is 0.736. The van der Waals surface area contributed by atoms with Gasteiger partial charge >= 0.3 is 5.97 Å². The van der Waals surface area contributed by atoms with Crippen LogP contribution in [0.25, 0.3) is 0 Å². The third-order valence-electron chi connectivity index (χ3n) is 4.32. The molecule has 2 heterocycles. The molecule has 2 aromatic rings. The van der Waals surface area contributed by atoms with Crippen LogP contribution >= 0.6 is 0 Å². The van der Waals surface area contributed by atoms with Crippen LogP contribution in [0.15, 0.2) is 48.7 Å². The number of aromatic nitrogens is 1. The molecule has 8 nitrogen and oxygen atoms in total. The molecule has 1 aliphatic rings. The Balaban J connectivity index is 1.48. The minimum absolute atomic E-state index is 0.0600. The molecule has 1 aromatic carbocycles. The molecule has 1 N–H and O–H groups in total. The summed E-state index contributed by atoms with van der Waals surface area (Å²) in [5, 5.41) is 0. The molecular formula is C18H21N3O5S. The van der Waals surface area contributed by atoms with Crippen molar-refractivity contribution in [3.8, 4) is 0 Å². The van der Waals surface area contributed by atoms with Crippen LogP contribution in [0.4, 0.5) is 0 Å². The smallest absolute Gasteiger partial charge is 0.355 e. The van der Waals surface area contributed by atoms with E-state index in [0.29, 0.717) is 0 Å². The van der Waals surface area contributed by atoms with Crippen molar-refractivity contribution in [2.75, 3.05) is 32.8 Å². The monoisotopic (exact) mass is 391 g/mol. The first-order valence-corrected chi connectivity index (χ1v) is 10.2. The predicted molar refractivity (Wildman–Crippen MR) is 98.3 cm³/mol. The van der Waals surface area contributed by atoms with Gasteiger partial charge in [-0.25, -0.2) is 13.2 Å². The Morgan fingerprint density at radius 2 is 1.70 bits per heavy atom. The summed E-state index contributed by atoms with van der Waals surface area (Å²) in [5.41, 5.74) is 1.01. The molecule has 1 aromatic heterocycles. The number of H-pyrrole nitrogens is 1. The molecule has 1 saturated heterocycles. The van der Waals surface area contributed by atoms with E-state index in [1.54, 1.807) is 42.6 Å². The number of benzene rings is 1. The second-order valence-corrected chi connectivity index (χ2v) is 8.15. The number of rotatable bonds is 6. The van der Waals surface area contributed by atoms with E-state index in [9.17, 15) is 18.0 Å². The Morgan fingerprint density at radius 3 is 2.33 bits per heavy atom. The fraction of sp³-hybridized carbons (Fsp3) is 0.333. The number of nitrogens with one attached hydrogen (secondary N) is 1. The van der Waals surface area contributed by atoms with Gasteiger partial charge in [0.05, 0.1) is 5.75 Å². The van der Waals surface area contributed by atoms with Crippen molar-refractivity contribution in [2.45, 2.75) is 5.75 Å². The molecule has 0 atom stereocenters.